The number of nitrogen functional groups attached to an aromatic ring is 1. The molecule has 0 bridgehead atoms. The maximum atomic E-state index is 5.39. The SMILES string of the molecule is CCCc1nc(NN)cc(NC2CCC2)n1. The summed E-state index contributed by atoms with van der Waals surface area (Å²) >= 11 is 0. The lowest BCUT2D eigenvalue weighted by Gasteiger charge is -2.27. The summed E-state index contributed by atoms with van der Waals surface area (Å²) < 4.78 is 0. The van der Waals surface area contributed by atoms with E-state index in [0.29, 0.717) is 11.9 Å². The maximum absolute atomic E-state index is 5.39. The molecule has 16 heavy (non-hydrogen) atoms. The molecule has 0 aromatic carbocycles. The highest BCUT2D eigenvalue weighted by Crippen LogP contribution is 2.23. The first-order valence-corrected chi connectivity index (χ1v) is 5.93. The molecule has 0 amide bonds. The molecule has 1 saturated carbocycles. The Morgan fingerprint density at radius 2 is 2.12 bits per heavy atom. The van der Waals surface area contributed by atoms with Gasteiger partial charge in [0.1, 0.15) is 17.5 Å². The Morgan fingerprint density at radius 1 is 1.38 bits per heavy atom. The van der Waals surface area contributed by atoms with Gasteiger partial charge in [0, 0.05) is 18.5 Å². The first-order valence-electron chi connectivity index (χ1n) is 5.93. The van der Waals surface area contributed by atoms with Crippen LogP contribution < -0.4 is 16.6 Å². The van der Waals surface area contributed by atoms with Crippen molar-refractivity contribution in [3.05, 3.63) is 11.9 Å². The highest BCUT2D eigenvalue weighted by molar-refractivity contribution is 5.47. The van der Waals surface area contributed by atoms with Gasteiger partial charge in [0.25, 0.3) is 0 Å². The van der Waals surface area contributed by atoms with Crippen molar-refractivity contribution in [2.45, 2.75) is 45.1 Å². The van der Waals surface area contributed by atoms with E-state index in [1.54, 1.807) is 0 Å². The Labute approximate surface area is 95.8 Å². The van der Waals surface area contributed by atoms with E-state index in [0.717, 1.165) is 24.5 Å². The Kier molecular flexibility index (Phi) is 3.56. The van der Waals surface area contributed by atoms with Gasteiger partial charge >= 0.3 is 0 Å². The van der Waals surface area contributed by atoms with Gasteiger partial charge in [-0.15, -0.1) is 0 Å². The van der Waals surface area contributed by atoms with E-state index >= 15 is 0 Å². The van der Waals surface area contributed by atoms with Crippen molar-refractivity contribution in [2.24, 2.45) is 5.84 Å². The second-order valence-corrected chi connectivity index (χ2v) is 4.22. The van der Waals surface area contributed by atoms with Crippen molar-refractivity contribution in [3.63, 3.8) is 0 Å². The lowest BCUT2D eigenvalue weighted by molar-refractivity contribution is 0.444. The van der Waals surface area contributed by atoms with E-state index in [4.69, 9.17) is 5.84 Å². The van der Waals surface area contributed by atoms with E-state index in [9.17, 15) is 0 Å². The molecule has 5 heteroatoms. The van der Waals surface area contributed by atoms with Gasteiger partial charge in [-0.25, -0.2) is 15.8 Å². The molecular weight excluding hydrogens is 202 g/mol. The summed E-state index contributed by atoms with van der Waals surface area (Å²) in [6.45, 7) is 2.12. The van der Waals surface area contributed by atoms with Crippen molar-refractivity contribution < 1.29 is 0 Å². The average Bonchev–Trinajstić information content (AvgIpc) is 2.24. The molecular formula is C11H19N5. The van der Waals surface area contributed by atoms with Crippen molar-refractivity contribution in [1.29, 1.82) is 0 Å². The van der Waals surface area contributed by atoms with Crippen molar-refractivity contribution in [1.82, 2.24) is 9.97 Å². The van der Waals surface area contributed by atoms with Crippen LogP contribution in [0.3, 0.4) is 0 Å². The minimum atomic E-state index is 0.579. The summed E-state index contributed by atoms with van der Waals surface area (Å²) in [5.74, 6) is 7.81. The monoisotopic (exact) mass is 221 g/mol. The molecule has 0 atom stereocenters. The number of nitrogens with one attached hydrogen (secondary N) is 2. The first-order chi connectivity index (χ1) is 7.81. The molecule has 0 radical (unpaired) electrons. The van der Waals surface area contributed by atoms with Gasteiger partial charge in [-0.05, 0) is 25.7 Å². The standard InChI is InChI=1S/C11H19N5/c1-2-4-9-14-10(7-11(15-9)16-12)13-8-5-3-6-8/h7-8H,2-6,12H2,1H3,(H2,13,14,15,16). The van der Waals surface area contributed by atoms with Crippen LogP contribution in [-0.2, 0) is 6.42 Å². The molecule has 5 nitrogen and oxygen atoms in total. The number of aromatic nitrogens is 2. The van der Waals surface area contributed by atoms with Gasteiger partial charge in [-0.3, -0.25) is 0 Å². The minimum absolute atomic E-state index is 0.579. The van der Waals surface area contributed by atoms with E-state index in [2.05, 4.69) is 27.6 Å². The zero-order chi connectivity index (χ0) is 11.4. The number of nitrogens with two attached hydrogens (primary N) is 1. The quantitative estimate of drug-likeness (QED) is 0.521. The Morgan fingerprint density at radius 3 is 2.69 bits per heavy atom. The normalized spacial score (nSPS) is 15.6. The van der Waals surface area contributed by atoms with Crippen LogP contribution in [0.5, 0.6) is 0 Å². The van der Waals surface area contributed by atoms with Crippen LogP contribution in [0.4, 0.5) is 11.6 Å². The largest absolute Gasteiger partial charge is 0.367 e. The lowest BCUT2D eigenvalue weighted by atomic mass is 9.93. The number of hydrogen-bond donors (Lipinski definition) is 3. The third-order valence-electron chi connectivity index (χ3n) is 2.85. The van der Waals surface area contributed by atoms with Gasteiger partial charge in [-0.2, -0.15) is 0 Å². The molecule has 88 valence electrons. The molecule has 0 saturated heterocycles. The molecule has 0 unspecified atom stereocenters. The summed E-state index contributed by atoms with van der Waals surface area (Å²) in [5.41, 5.74) is 2.58. The van der Waals surface area contributed by atoms with E-state index in [-0.39, 0.29) is 0 Å². The molecule has 1 heterocycles. The number of aryl methyl sites for hydroxylation is 1. The van der Waals surface area contributed by atoms with Crippen LogP contribution in [0.2, 0.25) is 0 Å². The fourth-order valence-electron chi connectivity index (χ4n) is 1.74. The van der Waals surface area contributed by atoms with Gasteiger partial charge in [0.15, 0.2) is 0 Å². The molecule has 1 aliphatic rings. The lowest BCUT2D eigenvalue weighted by Crippen LogP contribution is -2.27. The third-order valence-corrected chi connectivity index (χ3v) is 2.85. The summed E-state index contributed by atoms with van der Waals surface area (Å²) in [5, 5.41) is 3.41. The van der Waals surface area contributed by atoms with Gasteiger partial charge in [0.2, 0.25) is 0 Å². The van der Waals surface area contributed by atoms with Gasteiger partial charge < -0.3 is 10.7 Å². The molecule has 1 aliphatic carbocycles. The van der Waals surface area contributed by atoms with E-state index in [1.165, 1.54) is 19.3 Å². The smallest absolute Gasteiger partial charge is 0.145 e. The second kappa shape index (κ2) is 5.12. The number of nitrogens with zero attached hydrogens (tertiary/aromatic N) is 2. The van der Waals surface area contributed by atoms with Crippen LogP contribution in [0, 0.1) is 0 Å². The average molecular weight is 221 g/mol. The fraction of sp³-hybridized carbons (Fsp3) is 0.636. The third kappa shape index (κ3) is 2.61. The van der Waals surface area contributed by atoms with Crippen LogP contribution >= 0.6 is 0 Å². The number of hydrazine groups is 1. The topological polar surface area (TPSA) is 75.9 Å². The number of hydrogen-bond acceptors (Lipinski definition) is 5. The highest BCUT2D eigenvalue weighted by atomic mass is 15.3. The Hall–Kier alpha value is -1.36. The zero-order valence-electron chi connectivity index (χ0n) is 9.66. The van der Waals surface area contributed by atoms with Crippen molar-refractivity contribution in [3.8, 4) is 0 Å². The highest BCUT2D eigenvalue weighted by Gasteiger charge is 2.17. The van der Waals surface area contributed by atoms with Crippen LogP contribution in [0.25, 0.3) is 0 Å². The molecule has 4 N–H and O–H groups in total. The molecule has 2 rings (SSSR count). The van der Waals surface area contributed by atoms with Gasteiger partial charge in [0.05, 0.1) is 0 Å². The fourth-order valence-corrected chi connectivity index (χ4v) is 1.74. The molecule has 1 fully saturated rings. The van der Waals surface area contributed by atoms with Crippen molar-refractivity contribution in [2.75, 3.05) is 10.7 Å². The number of anilines is 2. The minimum Gasteiger partial charge on any atom is -0.367 e. The predicted octanol–water partition coefficient (Wildman–Crippen LogP) is 1.68. The van der Waals surface area contributed by atoms with Crippen molar-refractivity contribution >= 4 is 11.6 Å². The molecule has 0 spiro atoms. The summed E-state index contributed by atoms with van der Waals surface area (Å²) in [6.07, 6.45) is 5.70. The predicted molar refractivity (Wildman–Crippen MR) is 65.1 cm³/mol. The molecule has 1 aromatic heterocycles. The summed E-state index contributed by atoms with van der Waals surface area (Å²) in [7, 11) is 0. The maximum Gasteiger partial charge on any atom is 0.145 e. The van der Waals surface area contributed by atoms with Crippen LogP contribution in [0.1, 0.15) is 38.4 Å². The summed E-state index contributed by atoms with van der Waals surface area (Å²) in [4.78, 5) is 8.78. The van der Waals surface area contributed by atoms with Gasteiger partial charge in [-0.1, -0.05) is 6.92 Å². The van der Waals surface area contributed by atoms with E-state index < -0.39 is 0 Å². The molecule has 1 aromatic rings. The first kappa shape index (κ1) is 11.1. The Bertz CT molecular complexity index is 348. The summed E-state index contributed by atoms with van der Waals surface area (Å²) in [6, 6.07) is 2.44. The number of rotatable bonds is 5. The van der Waals surface area contributed by atoms with Crippen LogP contribution in [0.15, 0.2) is 6.07 Å². The van der Waals surface area contributed by atoms with Crippen LogP contribution in [-0.4, -0.2) is 16.0 Å². The Balaban J connectivity index is 2.11. The van der Waals surface area contributed by atoms with E-state index in [1.807, 2.05) is 6.07 Å². The molecule has 0 aliphatic heterocycles. The zero-order valence-corrected chi connectivity index (χ0v) is 9.66. The second-order valence-electron chi connectivity index (χ2n) is 4.22.